The molecule has 4 aliphatic rings. The second kappa shape index (κ2) is 14.4. The van der Waals surface area contributed by atoms with Gasteiger partial charge in [0.05, 0.1) is 11.7 Å². The van der Waals surface area contributed by atoms with Crippen LogP contribution in [-0.2, 0) is 29.4 Å². The zero-order valence-electron chi connectivity index (χ0n) is 29.1. The third-order valence-electron chi connectivity index (χ3n) is 11.2. The number of piperazine rings is 1. The van der Waals surface area contributed by atoms with E-state index in [4.69, 9.17) is 4.74 Å². The maximum absolute atomic E-state index is 14.2. The molecule has 1 N–H and O–H groups in total. The molecule has 12 heteroatoms. The van der Waals surface area contributed by atoms with Gasteiger partial charge in [-0.25, -0.2) is 9.59 Å². The molecule has 0 aliphatic carbocycles. The van der Waals surface area contributed by atoms with Gasteiger partial charge in [-0.3, -0.25) is 14.4 Å². The Hall–Kier alpha value is -4.16. The topological polar surface area (TPSA) is 106 Å². The molecule has 262 valence electrons. The van der Waals surface area contributed by atoms with Gasteiger partial charge in [-0.2, -0.15) is 5.10 Å². The summed E-state index contributed by atoms with van der Waals surface area (Å²) >= 11 is 0. The number of fused-ring (bicyclic) bond motifs is 2. The molecule has 3 fully saturated rings. The summed E-state index contributed by atoms with van der Waals surface area (Å²) in [6.07, 6.45) is 4.73. The third kappa shape index (κ3) is 7.26. The van der Waals surface area contributed by atoms with E-state index in [1.165, 1.54) is 0 Å². The van der Waals surface area contributed by atoms with Crippen LogP contribution in [0.3, 0.4) is 0 Å². The van der Waals surface area contributed by atoms with Crippen LogP contribution < -0.4 is 5.32 Å². The SMILES string of the molecule is Cc1cc(C[C@@H](OC(=O)N2CCC(N3CCc4ccccc4NC3=O)CC2)C(=O)N2CCC(N3CCN(C)CC3)CC2)cc2cnn(C)c12. The zero-order valence-corrected chi connectivity index (χ0v) is 29.1. The maximum Gasteiger partial charge on any atom is 0.410 e. The normalized spacial score (nSPS) is 21.0. The minimum atomic E-state index is -0.922. The van der Waals surface area contributed by atoms with Crippen LogP contribution in [0.4, 0.5) is 15.3 Å². The number of piperidine rings is 2. The second-order valence-corrected chi connectivity index (χ2v) is 14.3. The average Bonchev–Trinajstić information content (AvgIpc) is 3.40. The van der Waals surface area contributed by atoms with Gasteiger partial charge in [-0.05, 0) is 74.9 Å². The number of benzene rings is 2. The minimum absolute atomic E-state index is 0.0339. The molecule has 5 heterocycles. The number of likely N-dealkylation sites (N-methyl/N-ethyl adjacent to an activating group) is 1. The van der Waals surface area contributed by atoms with Crippen LogP contribution in [0, 0.1) is 6.92 Å². The van der Waals surface area contributed by atoms with Crippen molar-refractivity contribution in [2.24, 2.45) is 7.05 Å². The van der Waals surface area contributed by atoms with Gasteiger partial charge in [-0.15, -0.1) is 0 Å². The highest BCUT2D eigenvalue weighted by Crippen LogP contribution is 2.27. The lowest BCUT2D eigenvalue weighted by Gasteiger charge is -2.42. The van der Waals surface area contributed by atoms with Crippen LogP contribution >= 0.6 is 0 Å². The maximum atomic E-state index is 14.2. The van der Waals surface area contributed by atoms with Crippen LogP contribution in [0.5, 0.6) is 0 Å². The first kappa shape index (κ1) is 33.3. The first-order valence-electron chi connectivity index (χ1n) is 18.0. The fraction of sp³-hybridized carbons (Fsp3) is 0.568. The largest absolute Gasteiger partial charge is 0.436 e. The highest BCUT2D eigenvalue weighted by molar-refractivity contribution is 5.91. The summed E-state index contributed by atoms with van der Waals surface area (Å²) in [4.78, 5) is 51.5. The van der Waals surface area contributed by atoms with Gasteiger partial charge in [0, 0.05) is 95.5 Å². The van der Waals surface area contributed by atoms with Crippen LogP contribution in [0.15, 0.2) is 42.6 Å². The van der Waals surface area contributed by atoms with E-state index in [1.54, 1.807) is 4.90 Å². The Morgan fingerprint density at radius 2 is 1.59 bits per heavy atom. The number of ether oxygens (including phenoxy) is 1. The van der Waals surface area contributed by atoms with Crippen molar-refractivity contribution >= 4 is 34.6 Å². The molecule has 7 rings (SSSR count). The van der Waals surface area contributed by atoms with Crippen molar-refractivity contribution in [1.82, 2.24) is 34.3 Å². The molecule has 3 saturated heterocycles. The molecule has 2 aromatic carbocycles. The van der Waals surface area contributed by atoms with E-state index in [2.05, 4.69) is 45.5 Å². The number of hydrogen-bond acceptors (Lipinski definition) is 7. The summed E-state index contributed by atoms with van der Waals surface area (Å²) in [5.41, 5.74) is 5.08. The minimum Gasteiger partial charge on any atom is -0.436 e. The number of amides is 4. The molecule has 0 bridgehead atoms. The van der Waals surface area contributed by atoms with Crippen LogP contribution in [0.2, 0.25) is 0 Å². The van der Waals surface area contributed by atoms with Gasteiger partial charge in [0.15, 0.2) is 6.10 Å². The number of carbonyl (C=O) groups excluding carboxylic acids is 3. The standard InChI is InChI=1S/C37H50N8O4/c1-26-22-27(23-29-25-38-41(3)34(26)29)24-33(35(46)43-13-9-30(10-14-43)42-20-18-40(2)19-21-42)49-37(48)44-15-11-31(12-16-44)45-17-8-28-6-4-5-7-32(28)39-36(45)47/h4-7,22-23,25,30-31,33H,8-21,24H2,1-3H3,(H,39,47)/t33-/m1/s1. The Kier molecular flexibility index (Phi) is 9.77. The number of carbonyl (C=O) groups is 3. The molecule has 0 unspecified atom stereocenters. The summed E-state index contributed by atoms with van der Waals surface area (Å²) in [6.45, 7) is 9.25. The Bertz CT molecular complexity index is 1670. The van der Waals surface area contributed by atoms with Crippen molar-refractivity contribution in [3.8, 4) is 0 Å². The number of nitrogens with zero attached hydrogens (tertiary/aromatic N) is 7. The van der Waals surface area contributed by atoms with Gasteiger partial charge in [0.25, 0.3) is 5.91 Å². The first-order chi connectivity index (χ1) is 23.7. The Balaban J connectivity index is 1.01. The van der Waals surface area contributed by atoms with Gasteiger partial charge in [-0.1, -0.05) is 24.3 Å². The molecule has 1 aromatic heterocycles. The first-order valence-corrected chi connectivity index (χ1v) is 18.0. The number of rotatable bonds is 6. The molecule has 3 aromatic rings. The summed E-state index contributed by atoms with van der Waals surface area (Å²) in [5, 5.41) is 8.49. The van der Waals surface area contributed by atoms with E-state index >= 15 is 0 Å². The molecule has 1 atom stereocenters. The lowest BCUT2D eigenvalue weighted by molar-refractivity contribution is -0.142. The predicted octanol–water partition coefficient (Wildman–Crippen LogP) is 3.72. The van der Waals surface area contributed by atoms with E-state index in [9.17, 15) is 14.4 Å². The lowest BCUT2D eigenvalue weighted by Crippen LogP contribution is -2.54. The Morgan fingerprint density at radius 3 is 2.35 bits per heavy atom. The van der Waals surface area contributed by atoms with E-state index in [0.717, 1.165) is 78.7 Å². The Morgan fingerprint density at radius 1 is 0.898 bits per heavy atom. The van der Waals surface area contributed by atoms with E-state index in [-0.39, 0.29) is 18.0 Å². The van der Waals surface area contributed by atoms with Crippen molar-refractivity contribution < 1.29 is 19.1 Å². The summed E-state index contributed by atoms with van der Waals surface area (Å²) in [6, 6.07) is 12.5. The van der Waals surface area contributed by atoms with Crippen molar-refractivity contribution in [3.63, 3.8) is 0 Å². The average molecular weight is 671 g/mol. The molecule has 4 amide bonds. The lowest BCUT2D eigenvalue weighted by atomic mass is 9.99. The molecule has 0 spiro atoms. The van der Waals surface area contributed by atoms with Gasteiger partial charge >= 0.3 is 12.1 Å². The third-order valence-corrected chi connectivity index (χ3v) is 11.2. The van der Waals surface area contributed by atoms with E-state index < -0.39 is 12.2 Å². The predicted molar refractivity (Wildman–Crippen MR) is 189 cm³/mol. The van der Waals surface area contributed by atoms with E-state index in [0.29, 0.717) is 58.0 Å². The van der Waals surface area contributed by atoms with Crippen molar-refractivity contribution in [3.05, 3.63) is 59.3 Å². The number of urea groups is 1. The van der Waals surface area contributed by atoms with Crippen molar-refractivity contribution in [2.45, 2.75) is 63.6 Å². The smallest absolute Gasteiger partial charge is 0.410 e. The number of aryl methyl sites for hydroxylation is 2. The van der Waals surface area contributed by atoms with Crippen LogP contribution in [-0.4, -0.2) is 136 Å². The number of likely N-dealkylation sites (tertiary alicyclic amines) is 2. The Labute approximate surface area is 288 Å². The number of anilines is 1. The molecule has 49 heavy (non-hydrogen) atoms. The van der Waals surface area contributed by atoms with Gasteiger partial charge < -0.3 is 29.7 Å². The molecule has 0 saturated carbocycles. The highest BCUT2D eigenvalue weighted by atomic mass is 16.6. The zero-order chi connectivity index (χ0) is 34.1. The van der Waals surface area contributed by atoms with Crippen LogP contribution in [0.1, 0.15) is 42.4 Å². The van der Waals surface area contributed by atoms with Gasteiger partial charge in [0.1, 0.15) is 0 Å². The quantitative estimate of drug-likeness (QED) is 0.426. The van der Waals surface area contributed by atoms with Gasteiger partial charge in [0.2, 0.25) is 0 Å². The molecule has 12 nitrogen and oxygen atoms in total. The summed E-state index contributed by atoms with van der Waals surface area (Å²) < 4.78 is 8.01. The summed E-state index contributed by atoms with van der Waals surface area (Å²) in [7, 11) is 4.10. The second-order valence-electron chi connectivity index (χ2n) is 14.3. The number of nitrogens with one attached hydrogen (secondary N) is 1. The molecular weight excluding hydrogens is 620 g/mol. The van der Waals surface area contributed by atoms with E-state index in [1.807, 2.05) is 52.8 Å². The number of aromatic nitrogens is 2. The van der Waals surface area contributed by atoms with Crippen molar-refractivity contribution in [1.29, 1.82) is 0 Å². The molecule has 4 aliphatic heterocycles. The monoisotopic (exact) mass is 670 g/mol. The van der Waals surface area contributed by atoms with Crippen LogP contribution in [0.25, 0.3) is 10.9 Å². The summed E-state index contributed by atoms with van der Waals surface area (Å²) in [5.74, 6) is -0.121. The fourth-order valence-corrected chi connectivity index (χ4v) is 8.28. The fourth-order valence-electron chi connectivity index (χ4n) is 8.28. The highest BCUT2D eigenvalue weighted by Gasteiger charge is 2.36. The number of hydrogen-bond donors (Lipinski definition) is 1. The number of para-hydroxylation sites is 1. The molecular formula is C37H50N8O4. The molecule has 0 radical (unpaired) electrons. The van der Waals surface area contributed by atoms with Crippen molar-refractivity contribution in [2.75, 3.05) is 71.3 Å².